The minimum Gasteiger partial charge on any atom is -0.259 e. The van der Waals surface area contributed by atoms with Gasteiger partial charge in [-0.1, -0.05) is 101 Å². The Morgan fingerprint density at radius 3 is 2.12 bits per heavy atom. The average molecular weight is 484 g/mol. The highest BCUT2D eigenvalue weighted by Gasteiger charge is 2.29. The Kier molecular flexibility index (Phi) is 5.84. The smallest absolute Gasteiger partial charge is 0.161 e. The van der Waals surface area contributed by atoms with Gasteiger partial charge >= 0.3 is 0 Å². The molecule has 1 aliphatic heterocycles. The van der Waals surface area contributed by atoms with E-state index in [9.17, 15) is 0 Å². The van der Waals surface area contributed by atoms with Gasteiger partial charge < -0.3 is 0 Å². The fourth-order valence-corrected chi connectivity index (χ4v) is 4.07. The summed E-state index contributed by atoms with van der Waals surface area (Å²) in [5.74, 6) is 1.41. The zero-order valence-electron chi connectivity index (χ0n) is 17.6. The van der Waals surface area contributed by atoms with Gasteiger partial charge in [0, 0.05) is 21.8 Å². The van der Waals surface area contributed by atoms with Crippen LogP contribution in [0, 0.1) is 6.92 Å². The molecule has 32 heavy (non-hydrogen) atoms. The van der Waals surface area contributed by atoms with E-state index in [1.807, 2.05) is 78.7 Å². The van der Waals surface area contributed by atoms with Gasteiger partial charge in [0.15, 0.2) is 11.6 Å². The van der Waals surface area contributed by atoms with Crippen molar-refractivity contribution < 1.29 is 4.84 Å². The summed E-state index contributed by atoms with van der Waals surface area (Å²) in [4.78, 5) is 16.1. The van der Waals surface area contributed by atoms with Gasteiger partial charge in [-0.05, 0) is 30.2 Å². The SMILES string of the molecule is Cc1cc(N2OC(c3ccccc3)C=CC2c2ccccc2)nc(-c2ccc(Br)cc2)n1. The Morgan fingerprint density at radius 2 is 1.44 bits per heavy atom. The molecule has 2 atom stereocenters. The molecule has 0 spiro atoms. The van der Waals surface area contributed by atoms with Crippen LogP contribution in [0.2, 0.25) is 0 Å². The first-order chi connectivity index (χ1) is 15.7. The van der Waals surface area contributed by atoms with Crippen LogP contribution in [0.15, 0.2) is 108 Å². The Labute approximate surface area is 196 Å². The van der Waals surface area contributed by atoms with Crippen molar-refractivity contribution in [1.29, 1.82) is 0 Å². The number of halogens is 1. The van der Waals surface area contributed by atoms with Crippen molar-refractivity contribution in [2.45, 2.75) is 19.1 Å². The number of hydrogen-bond donors (Lipinski definition) is 0. The monoisotopic (exact) mass is 483 g/mol. The molecule has 0 bridgehead atoms. The van der Waals surface area contributed by atoms with Crippen LogP contribution in [0.4, 0.5) is 5.82 Å². The molecule has 4 nitrogen and oxygen atoms in total. The Hall–Kier alpha value is -3.28. The number of rotatable bonds is 4. The molecule has 0 aliphatic carbocycles. The van der Waals surface area contributed by atoms with E-state index in [0.29, 0.717) is 5.82 Å². The Balaban J connectivity index is 1.58. The van der Waals surface area contributed by atoms with Crippen LogP contribution in [-0.4, -0.2) is 9.97 Å². The molecule has 2 unspecified atom stereocenters. The molecule has 5 rings (SSSR count). The number of hydroxylamine groups is 1. The molecule has 0 amide bonds. The molecule has 0 saturated carbocycles. The van der Waals surface area contributed by atoms with Gasteiger partial charge in [0.2, 0.25) is 0 Å². The standard InChI is InChI=1S/C27H22BrN3O/c1-19-18-26(30-27(29-19)22-12-14-23(28)15-13-22)31-24(20-8-4-2-5-9-20)16-17-25(32-31)21-10-6-3-7-11-21/h2-18,24-25H,1H3. The number of hydrogen-bond acceptors (Lipinski definition) is 4. The second kappa shape index (κ2) is 9.07. The molecular formula is C27H22BrN3O. The summed E-state index contributed by atoms with van der Waals surface area (Å²) in [7, 11) is 0. The van der Waals surface area contributed by atoms with E-state index in [-0.39, 0.29) is 12.1 Å². The molecule has 5 heteroatoms. The molecule has 1 aliphatic rings. The second-order valence-electron chi connectivity index (χ2n) is 7.70. The predicted octanol–water partition coefficient (Wildman–Crippen LogP) is 7.00. The van der Waals surface area contributed by atoms with E-state index >= 15 is 0 Å². The molecule has 158 valence electrons. The number of benzene rings is 3. The van der Waals surface area contributed by atoms with E-state index in [4.69, 9.17) is 9.82 Å². The van der Waals surface area contributed by atoms with Gasteiger partial charge in [0.25, 0.3) is 0 Å². The molecule has 0 N–H and O–H groups in total. The van der Waals surface area contributed by atoms with Gasteiger partial charge in [-0.2, -0.15) is 0 Å². The largest absolute Gasteiger partial charge is 0.259 e. The summed E-state index contributed by atoms with van der Waals surface area (Å²) in [6.45, 7) is 1.99. The van der Waals surface area contributed by atoms with Crippen LogP contribution in [0.25, 0.3) is 11.4 Å². The Bertz CT molecular complexity index is 1230. The zero-order chi connectivity index (χ0) is 21.9. The Morgan fingerprint density at radius 1 is 0.781 bits per heavy atom. The molecule has 2 heterocycles. The third-order valence-electron chi connectivity index (χ3n) is 5.39. The summed E-state index contributed by atoms with van der Waals surface area (Å²) in [5.41, 5.74) is 4.08. The van der Waals surface area contributed by atoms with Crippen LogP contribution < -0.4 is 5.06 Å². The predicted molar refractivity (Wildman–Crippen MR) is 131 cm³/mol. The van der Waals surface area contributed by atoms with E-state index < -0.39 is 0 Å². The van der Waals surface area contributed by atoms with Crippen LogP contribution in [0.1, 0.15) is 29.0 Å². The molecule has 0 fully saturated rings. The minimum absolute atomic E-state index is 0.0942. The topological polar surface area (TPSA) is 38.2 Å². The normalized spacial score (nSPS) is 18.0. The lowest BCUT2D eigenvalue weighted by atomic mass is 10.0. The number of aromatic nitrogens is 2. The van der Waals surface area contributed by atoms with Crippen molar-refractivity contribution >= 4 is 21.7 Å². The molecule has 0 saturated heterocycles. The first kappa shape index (κ1) is 20.6. The maximum atomic E-state index is 6.54. The van der Waals surface area contributed by atoms with Gasteiger partial charge in [-0.3, -0.25) is 4.84 Å². The van der Waals surface area contributed by atoms with Crippen molar-refractivity contribution in [1.82, 2.24) is 9.97 Å². The minimum atomic E-state index is -0.192. The molecule has 4 aromatic rings. The van der Waals surface area contributed by atoms with Gasteiger partial charge in [-0.15, -0.1) is 0 Å². The third-order valence-corrected chi connectivity index (χ3v) is 5.91. The average Bonchev–Trinajstić information content (AvgIpc) is 2.85. The lowest BCUT2D eigenvalue weighted by Gasteiger charge is -2.36. The summed E-state index contributed by atoms with van der Waals surface area (Å²) in [5, 5.41) is 1.91. The van der Waals surface area contributed by atoms with Gasteiger partial charge in [-0.25, -0.2) is 15.0 Å². The van der Waals surface area contributed by atoms with E-state index in [2.05, 4.69) is 57.3 Å². The summed E-state index contributed by atoms with van der Waals surface area (Å²) in [6.07, 6.45) is 4.11. The van der Waals surface area contributed by atoms with Crippen molar-refractivity contribution in [3.05, 3.63) is 124 Å². The maximum absolute atomic E-state index is 6.54. The fraction of sp³-hybridized carbons (Fsp3) is 0.111. The summed E-state index contributed by atoms with van der Waals surface area (Å²) >= 11 is 3.50. The second-order valence-corrected chi connectivity index (χ2v) is 8.62. The highest BCUT2D eigenvalue weighted by Crippen LogP contribution is 2.37. The highest BCUT2D eigenvalue weighted by molar-refractivity contribution is 9.10. The fourth-order valence-electron chi connectivity index (χ4n) is 3.81. The van der Waals surface area contributed by atoms with Gasteiger partial charge in [0.1, 0.15) is 12.1 Å². The number of aryl methyl sites for hydroxylation is 1. The molecule has 3 aromatic carbocycles. The van der Waals surface area contributed by atoms with Crippen molar-refractivity contribution in [3.63, 3.8) is 0 Å². The molecule has 1 aromatic heterocycles. The molecular weight excluding hydrogens is 462 g/mol. The molecule has 0 radical (unpaired) electrons. The number of nitrogens with zero attached hydrogens (tertiary/aromatic N) is 3. The summed E-state index contributed by atoms with van der Waals surface area (Å²) < 4.78 is 1.02. The first-order valence-electron chi connectivity index (χ1n) is 10.5. The van der Waals surface area contributed by atoms with Crippen molar-refractivity contribution in [2.24, 2.45) is 0 Å². The van der Waals surface area contributed by atoms with Crippen LogP contribution >= 0.6 is 15.9 Å². The maximum Gasteiger partial charge on any atom is 0.161 e. The van der Waals surface area contributed by atoms with E-state index in [0.717, 1.165) is 32.7 Å². The first-order valence-corrected chi connectivity index (χ1v) is 11.3. The zero-order valence-corrected chi connectivity index (χ0v) is 19.2. The van der Waals surface area contributed by atoms with Crippen molar-refractivity contribution in [3.8, 4) is 11.4 Å². The van der Waals surface area contributed by atoms with E-state index in [1.54, 1.807) is 0 Å². The van der Waals surface area contributed by atoms with Gasteiger partial charge in [0.05, 0.1) is 0 Å². The van der Waals surface area contributed by atoms with Crippen LogP contribution in [0.5, 0.6) is 0 Å². The number of anilines is 1. The van der Waals surface area contributed by atoms with Crippen molar-refractivity contribution in [2.75, 3.05) is 5.06 Å². The third kappa shape index (κ3) is 4.35. The highest BCUT2D eigenvalue weighted by atomic mass is 79.9. The van der Waals surface area contributed by atoms with E-state index in [1.165, 1.54) is 0 Å². The lowest BCUT2D eigenvalue weighted by molar-refractivity contribution is 0.0386. The van der Waals surface area contributed by atoms with Crippen LogP contribution in [0.3, 0.4) is 0 Å². The quantitative estimate of drug-likeness (QED) is 0.292. The summed E-state index contributed by atoms with van der Waals surface area (Å²) in [6, 6.07) is 30.5. The van der Waals surface area contributed by atoms with Crippen LogP contribution in [-0.2, 0) is 4.84 Å². The lowest BCUT2D eigenvalue weighted by Crippen LogP contribution is -2.33.